The van der Waals surface area contributed by atoms with Crippen molar-refractivity contribution in [3.05, 3.63) is 28.6 Å². The van der Waals surface area contributed by atoms with Gasteiger partial charge in [0, 0.05) is 4.90 Å². The second-order valence-corrected chi connectivity index (χ2v) is 4.85. The highest BCUT2D eigenvalue weighted by Gasteiger charge is 2.09. The fraction of sp³-hybridized carbons (Fsp3) is 0. The molecule has 10 heteroatoms. The van der Waals surface area contributed by atoms with Gasteiger partial charge < -0.3 is 11.5 Å². The Labute approximate surface area is 136 Å². The Hall–Kier alpha value is -0.660. The predicted molar refractivity (Wildman–Crippen MR) is 83.7 cm³/mol. The minimum atomic E-state index is 0. The highest BCUT2D eigenvalue weighted by molar-refractivity contribution is 7.99. The van der Waals surface area contributed by atoms with E-state index in [9.17, 15) is 0 Å². The molecule has 0 unspecified atom stereocenters. The smallest absolute Gasteiger partial charge is 0.147 e. The third-order valence-electron chi connectivity index (χ3n) is 1.78. The number of hydrogen-bond donors (Lipinski definition) is 2. The Morgan fingerprint density at radius 3 is 2.32 bits per heavy atom. The molecule has 5 nitrogen and oxygen atoms in total. The molecule has 0 aromatic carbocycles. The summed E-state index contributed by atoms with van der Waals surface area (Å²) < 4.78 is 0. The molecule has 0 fully saturated rings. The van der Waals surface area contributed by atoms with Crippen molar-refractivity contribution in [2.24, 2.45) is 0 Å². The van der Waals surface area contributed by atoms with E-state index in [0.717, 1.165) is 0 Å². The molecular weight excluding hydrogens is 352 g/mol. The van der Waals surface area contributed by atoms with Crippen LogP contribution in [0.15, 0.2) is 28.4 Å². The lowest BCUT2D eigenvalue weighted by Gasteiger charge is -2.06. The van der Waals surface area contributed by atoms with Crippen molar-refractivity contribution in [2.45, 2.75) is 9.92 Å². The van der Waals surface area contributed by atoms with E-state index in [0.29, 0.717) is 25.9 Å². The molecule has 0 bridgehead atoms. The van der Waals surface area contributed by atoms with Gasteiger partial charge in [0.1, 0.15) is 21.8 Å². The lowest BCUT2D eigenvalue weighted by Crippen LogP contribution is -1.98. The molecule has 0 aliphatic carbocycles. The number of nitrogens with two attached hydrogens (primary N) is 2. The highest BCUT2D eigenvalue weighted by Crippen LogP contribution is 2.35. The summed E-state index contributed by atoms with van der Waals surface area (Å²) in [5.74, 6) is 0.493. The van der Waals surface area contributed by atoms with Gasteiger partial charge in [0.25, 0.3) is 0 Å². The first-order valence-corrected chi connectivity index (χ1v) is 6.00. The second-order valence-electron chi connectivity index (χ2n) is 3.02. The molecule has 0 aliphatic heterocycles. The zero-order chi connectivity index (χ0) is 12.4. The average Bonchev–Trinajstić information content (AvgIpc) is 2.28. The first kappa shape index (κ1) is 18.3. The molecule has 2 rings (SSSR count). The third kappa shape index (κ3) is 4.74. The molecule has 0 saturated heterocycles. The summed E-state index contributed by atoms with van der Waals surface area (Å²) in [6.45, 7) is 0. The molecule has 0 radical (unpaired) electrons. The predicted octanol–water partition coefficient (Wildman–Crippen LogP) is 3.34. The van der Waals surface area contributed by atoms with Crippen LogP contribution < -0.4 is 11.5 Å². The molecule has 0 amide bonds. The number of nitrogen functional groups attached to an aromatic ring is 2. The van der Waals surface area contributed by atoms with Gasteiger partial charge in [-0.05, 0) is 6.07 Å². The molecule has 0 spiro atoms. The molecule has 0 saturated carbocycles. The number of hydrogen-bond acceptors (Lipinski definition) is 6. The van der Waals surface area contributed by atoms with Crippen LogP contribution in [0.25, 0.3) is 0 Å². The van der Waals surface area contributed by atoms with Gasteiger partial charge in [-0.3, -0.25) is 0 Å². The molecule has 104 valence electrons. The average molecular weight is 361 g/mol. The van der Waals surface area contributed by atoms with Crippen molar-refractivity contribution < 1.29 is 0 Å². The van der Waals surface area contributed by atoms with Gasteiger partial charge in [0.2, 0.25) is 0 Å². The SMILES string of the molecule is Cl.Cl.Nc1cc(Sc2cnc(Cl)cn2)c(Cl)c(N)n1. The zero-order valence-corrected chi connectivity index (χ0v) is 13.2. The van der Waals surface area contributed by atoms with Gasteiger partial charge in [-0.15, -0.1) is 24.8 Å². The lowest BCUT2D eigenvalue weighted by atomic mass is 10.4. The molecular formula is C9H9Cl4N5S. The summed E-state index contributed by atoms with van der Waals surface area (Å²) in [4.78, 5) is 12.5. The van der Waals surface area contributed by atoms with Crippen molar-refractivity contribution >= 4 is 71.4 Å². The fourth-order valence-corrected chi connectivity index (χ4v) is 2.20. The van der Waals surface area contributed by atoms with E-state index >= 15 is 0 Å². The summed E-state index contributed by atoms with van der Waals surface area (Å²) in [7, 11) is 0. The van der Waals surface area contributed by atoms with Crippen LogP contribution in [0.5, 0.6) is 0 Å². The van der Waals surface area contributed by atoms with Crippen LogP contribution in [-0.2, 0) is 0 Å². The lowest BCUT2D eigenvalue weighted by molar-refractivity contribution is 1.05. The van der Waals surface area contributed by atoms with Gasteiger partial charge >= 0.3 is 0 Å². The van der Waals surface area contributed by atoms with Crippen molar-refractivity contribution in [3.63, 3.8) is 0 Å². The zero-order valence-electron chi connectivity index (χ0n) is 9.21. The van der Waals surface area contributed by atoms with Crippen LogP contribution in [0.2, 0.25) is 10.2 Å². The van der Waals surface area contributed by atoms with Crippen molar-refractivity contribution in [3.8, 4) is 0 Å². The first-order chi connectivity index (χ1) is 8.06. The van der Waals surface area contributed by atoms with E-state index in [1.54, 1.807) is 6.07 Å². The molecule has 4 N–H and O–H groups in total. The Balaban J connectivity index is 0.00000162. The topological polar surface area (TPSA) is 90.7 Å². The van der Waals surface area contributed by atoms with Gasteiger partial charge in [-0.1, -0.05) is 35.0 Å². The maximum absolute atomic E-state index is 6.01. The minimum absolute atomic E-state index is 0. The molecule has 2 aromatic rings. The maximum Gasteiger partial charge on any atom is 0.147 e. The van der Waals surface area contributed by atoms with Crippen LogP contribution >= 0.6 is 59.8 Å². The van der Waals surface area contributed by atoms with Crippen LogP contribution in [0.3, 0.4) is 0 Å². The standard InChI is InChI=1S/C9H7Cl2N5S.2ClH/c10-5-2-15-7(3-14-5)17-4-1-6(12)16-9(13)8(4)11;;/h1-3H,(H4,12,13,16);2*1H. The van der Waals surface area contributed by atoms with E-state index in [4.69, 9.17) is 34.7 Å². The molecule has 0 aliphatic rings. The Morgan fingerprint density at radius 1 is 1.05 bits per heavy atom. The monoisotopic (exact) mass is 359 g/mol. The van der Waals surface area contributed by atoms with Crippen LogP contribution in [0.4, 0.5) is 11.6 Å². The maximum atomic E-state index is 6.01. The van der Waals surface area contributed by atoms with E-state index in [1.807, 2.05) is 0 Å². The van der Waals surface area contributed by atoms with Gasteiger partial charge in [-0.2, -0.15) is 0 Å². The number of rotatable bonds is 2. The number of anilines is 2. The summed E-state index contributed by atoms with van der Waals surface area (Å²) >= 11 is 12.9. The summed E-state index contributed by atoms with van der Waals surface area (Å²) in [5.41, 5.74) is 11.2. The fourth-order valence-electron chi connectivity index (χ4n) is 1.08. The quantitative estimate of drug-likeness (QED) is 0.853. The normalized spacial score (nSPS) is 9.37. The first-order valence-electron chi connectivity index (χ1n) is 4.43. The molecule has 19 heavy (non-hydrogen) atoms. The van der Waals surface area contributed by atoms with Crippen molar-refractivity contribution in [1.29, 1.82) is 0 Å². The summed E-state index contributed by atoms with van der Waals surface area (Å²) in [6, 6.07) is 1.62. The van der Waals surface area contributed by atoms with Crippen LogP contribution in [0, 0.1) is 0 Å². The highest BCUT2D eigenvalue weighted by atomic mass is 35.5. The van der Waals surface area contributed by atoms with Crippen molar-refractivity contribution in [2.75, 3.05) is 11.5 Å². The molecule has 0 atom stereocenters. The van der Waals surface area contributed by atoms with E-state index < -0.39 is 0 Å². The van der Waals surface area contributed by atoms with E-state index in [1.165, 1.54) is 24.2 Å². The third-order valence-corrected chi connectivity index (χ3v) is 3.45. The van der Waals surface area contributed by atoms with E-state index in [2.05, 4.69) is 15.0 Å². The second kappa shape index (κ2) is 7.81. The van der Waals surface area contributed by atoms with Crippen molar-refractivity contribution in [1.82, 2.24) is 15.0 Å². The number of halogens is 4. The minimum Gasteiger partial charge on any atom is -0.384 e. The Bertz CT molecular complexity index is 551. The largest absolute Gasteiger partial charge is 0.384 e. The van der Waals surface area contributed by atoms with Crippen LogP contribution in [-0.4, -0.2) is 15.0 Å². The van der Waals surface area contributed by atoms with Gasteiger partial charge in [-0.25, -0.2) is 15.0 Å². The van der Waals surface area contributed by atoms with Gasteiger partial charge in [0.15, 0.2) is 0 Å². The van der Waals surface area contributed by atoms with Crippen LogP contribution in [0.1, 0.15) is 0 Å². The number of pyridine rings is 1. The Morgan fingerprint density at radius 2 is 1.74 bits per heavy atom. The van der Waals surface area contributed by atoms with E-state index in [-0.39, 0.29) is 30.6 Å². The molecule has 2 heterocycles. The number of aromatic nitrogens is 3. The number of nitrogens with zero attached hydrogens (tertiary/aromatic N) is 3. The summed E-state index contributed by atoms with van der Waals surface area (Å²) in [5, 5.41) is 1.32. The summed E-state index contributed by atoms with van der Waals surface area (Å²) in [6.07, 6.45) is 2.99. The molecule has 2 aromatic heterocycles. The van der Waals surface area contributed by atoms with Gasteiger partial charge in [0.05, 0.1) is 17.4 Å². The Kier molecular flexibility index (Phi) is 7.54.